The zero-order valence-electron chi connectivity index (χ0n) is 17.7. The highest BCUT2D eigenvalue weighted by molar-refractivity contribution is 9.10. The van der Waals surface area contributed by atoms with Crippen molar-refractivity contribution in [2.24, 2.45) is 0 Å². The summed E-state index contributed by atoms with van der Waals surface area (Å²) in [5.41, 5.74) is 2.85. The number of aromatic nitrogens is 1. The molecule has 0 unspecified atom stereocenters. The predicted octanol–water partition coefficient (Wildman–Crippen LogP) is 3.52. The number of para-hydroxylation sites is 1. The lowest BCUT2D eigenvalue weighted by molar-refractivity contribution is -0.135. The second-order valence-corrected chi connectivity index (χ2v) is 9.13. The Balaban J connectivity index is 1.49. The maximum absolute atomic E-state index is 13.1. The van der Waals surface area contributed by atoms with Gasteiger partial charge >= 0.3 is 0 Å². The first-order valence-electron chi connectivity index (χ1n) is 10.6. The molecule has 0 radical (unpaired) electrons. The predicted molar refractivity (Wildman–Crippen MR) is 135 cm³/mol. The van der Waals surface area contributed by atoms with Crippen LogP contribution < -0.4 is 10.2 Å². The first-order valence-corrected chi connectivity index (χ1v) is 11.8. The van der Waals surface area contributed by atoms with Gasteiger partial charge in [0.25, 0.3) is 5.91 Å². The number of nitrogens with one attached hydrogen (secondary N) is 1. The molecule has 0 saturated carbocycles. The molecule has 1 N–H and O–H groups in total. The first kappa shape index (κ1) is 21.8. The number of anilines is 1. The standard InChI is InChI=1S/C24H21BrN4O3S/c25-17-6-7-21-19(13-17)16(14-28(21)15-22(30)27-8-10-32-11-9-27)12-20-23(31)29(24(33)26-20)18-4-2-1-3-5-18/h1-7,12-14H,8-11,15H2,(H,26,33)/b20-12-. The van der Waals surface area contributed by atoms with Crippen LogP contribution in [0.3, 0.4) is 0 Å². The molecule has 2 aliphatic rings. The van der Waals surface area contributed by atoms with E-state index in [0.29, 0.717) is 42.8 Å². The maximum Gasteiger partial charge on any atom is 0.281 e. The molecule has 7 nitrogen and oxygen atoms in total. The van der Waals surface area contributed by atoms with Crippen LogP contribution in [0, 0.1) is 0 Å². The van der Waals surface area contributed by atoms with Crippen LogP contribution in [0.25, 0.3) is 17.0 Å². The number of thiocarbonyl (C=S) groups is 1. The van der Waals surface area contributed by atoms with Gasteiger partial charge in [-0.3, -0.25) is 14.5 Å². The molecule has 2 aliphatic heterocycles. The van der Waals surface area contributed by atoms with Crippen molar-refractivity contribution in [1.29, 1.82) is 0 Å². The summed E-state index contributed by atoms with van der Waals surface area (Å²) in [6.07, 6.45) is 3.70. The molecule has 3 aromatic rings. The van der Waals surface area contributed by atoms with Gasteiger partial charge in [0.05, 0.1) is 18.9 Å². The second kappa shape index (κ2) is 9.09. The average molecular weight is 525 g/mol. The summed E-state index contributed by atoms with van der Waals surface area (Å²) >= 11 is 8.96. The number of morpholine rings is 1. The fourth-order valence-electron chi connectivity index (χ4n) is 4.10. The molecule has 33 heavy (non-hydrogen) atoms. The van der Waals surface area contributed by atoms with Crippen LogP contribution in [-0.4, -0.2) is 52.7 Å². The van der Waals surface area contributed by atoms with Gasteiger partial charge < -0.3 is 19.5 Å². The van der Waals surface area contributed by atoms with E-state index in [2.05, 4.69) is 21.2 Å². The Bertz CT molecular complexity index is 1280. The molecule has 2 saturated heterocycles. The lowest BCUT2D eigenvalue weighted by atomic mass is 10.1. The minimum atomic E-state index is -0.216. The van der Waals surface area contributed by atoms with E-state index in [0.717, 1.165) is 20.9 Å². The number of amides is 2. The molecule has 2 amide bonds. The van der Waals surface area contributed by atoms with Crippen molar-refractivity contribution in [2.45, 2.75) is 6.54 Å². The molecular formula is C24H21BrN4O3S. The number of ether oxygens (including phenoxy) is 1. The van der Waals surface area contributed by atoms with Gasteiger partial charge in [-0.05, 0) is 48.6 Å². The molecule has 0 atom stereocenters. The highest BCUT2D eigenvalue weighted by Crippen LogP contribution is 2.29. The third-order valence-electron chi connectivity index (χ3n) is 5.74. The largest absolute Gasteiger partial charge is 0.378 e. The Morgan fingerprint density at radius 3 is 2.67 bits per heavy atom. The van der Waals surface area contributed by atoms with E-state index in [1.54, 1.807) is 6.08 Å². The Morgan fingerprint density at radius 2 is 1.91 bits per heavy atom. The van der Waals surface area contributed by atoms with Crippen LogP contribution >= 0.6 is 28.1 Å². The number of carbonyl (C=O) groups excluding carboxylic acids is 2. The monoisotopic (exact) mass is 524 g/mol. The van der Waals surface area contributed by atoms with Crippen LogP contribution in [0.5, 0.6) is 0 Å². The number of carbonyl (C=O) groups is 2. The molecule has 0 spiro atoms. The number of nitrogens with zero attached hydrogens (tertiary/aromatic N) is 3. The van der Waals surface area contributed by atoms with E-state index >= 15 is 0 Å². The molecule has 2 aromatic carbocycles. The molecule has 3 heterocycles. The van der Waals surface area contributed by atoms with Gasteiger partial charge in [0.1, 0.15) is 12.2 Å². The van der Waals surface area contributed by atoms with Crippen LogP contribution in [0.2, 0.25) is 0 Å². The van der Waals surface area contributed by atoms with Gasteiger partial charge in [0.15, 0.2) is 5.11 Å². The highest BCUT2D eigenvalue weighted by Gasteiger charge is 2.32. The van der Waals surface area contributed by atoms with Gasteiger partial charge in [0, 0.05) is 40.2 Å². The average Bonchev–Trinajstić information content (AvgIpc) is 3.30. The molecule has 2 fully saturated rings. The third-order valence-corrected chi connectivity index (χ3v) is 6.51. The van der Waals surface area contributed by atoms with Crippen molar-refractivity contribution in [3.8, 4) is 0 Å². The van der Waals surface area contributed by atoms with Crippen molar-refractivity contribution in [3.63, 3.8) is 0 Å². The minimum Gasteiger partial charge on any atom is -0.378 e. The van der Waals surface area contributed by atoms with E-state index in [1.807, 2.05) is 64.2 Å². The van der Waals surface area contributed by atoms with Crippen LogP contribution in [0.15, 0.2) is 64.9 Å². The number of halogens is 1. The minimum absolute atomic E-state index is 0.0452. The number of hydrogen-bond donors (Lipinski definition) is 1. The number of fused-ring (bicyclic) bond motifs is 1. The lowest BCUT2D eigenvalue weighted by Gasteiger charge is -2.27. The Hall–Kier alpha value is -3.01. The summed E-state index contributed by atoms with van der Waals surface area (Å²) < 4.78 is 8.20. The summed E-state index contributed by atoms with van der Waals surface area (Å²) in [6, 6.07) is 15.2. The van der Waals surface area contributed by atoms with Crippen molar-refractivity contribution >= 4 is 67.7 Å². The fourth-order valence-corrected chi connectivity index (χ4v) is 4.76. The van der Waals surface area contributed by atoms with Crippen molar-refractivity contribution in [3.05, 3.63) is 70.5 Å². The maximum atomic E-state index is 13.1. The number of rotatable bonds is 4. The van der Waals surface area contributed by atoms with E-state index in [-0.39, 0.29) is 18.4 Å². The fraction of sp³-hybridized carbons (Fsp3) is 0.208. The van der Waals surface area contributed by atoms with Gasteiger partial charge in [-0.25, -0.2) is 0 Å². The quantitative estimate of drug-likeness (QED) is 0.417. The summed E-state index contributed by atoms with van der Waals surface area (Å²) in [5, 5.41) is 4.31. The smallest absolute Gasteiger partial charge is 0.281 e. The molecule has 0 aliphatic carbocycles. The topological polar surface area (TPSA) is 66.8 Å². The van der Waals surface area contributed by atoms with Crippen LogP contribution in [-0.2, 0) is 20.9 Å². The van der Waals surface area contributed by atoms with Crippen LogP contribution in [0.1, 0.15) is 5.56 Å². The molecule has 1 aromatic heterocycles. The Kier molecular flexibility index (Phi) is 6.01. The zero-order chi connectivity index (χ0) is 22.9. The third kappa shape index (κ3) is 4.31. The van der Waals surface area contributed by atoms with Gasteiger partial charge in [-0.1, -0.05) is 34.1 Å². The van der Waals surface area contributed by atoms with Gasteiger partial charge in [-0.2, -0.15) is 0 Å². The SMILES string of the molecule is O=C(Cn1cc(/C=C2\NC(=S)N(c3ccccc3)C2=O)c2cc(Br)ccc21)N1CCOCC1. The Morgan fingerprint density at radius 1 is 1.15 bits per heavy atom. The van der Waals surface area contributed by atoms with Gasteiger partial charge in [0.2, 0.25) is 5.91 Å². The highest BCUT2D eigenvalue weighted by atomic mass is 79.9. The summed E-state index contributed by atoms with van der Waals surface area (Å²) in [7, 11) is 0. The molecule has 5 rings (SSSR count). The van der Waals surface area contributed by atoms with Crippen molar-refractivity contribution in [1.82, 2.24) is 14.8 Å². The molecule has 0 bridgehead atoms. The Labute approximate surface area is 204 Å². The van der Waals surface area contributed by atoms with Crippen molar-refractivity contribution < 1.29 is 14.3 Å². The van der Waals surface area contributed by atoms with E-state index < -0.39 is 0 Å². The van der Waals surface area contributed by atoms with Gasteiger partial charge in [-0.15, -0.1) is 0 Å². The molecule has 168 valence electrons. The van der Waals surface area contributed by atoms with E-state index in [4.69, 9.17) is 17.0 Å². The summed E-state index contributed by atoms with van der Waals surface area (Å²) in [5.74, 6) is -0.171. The van der Waals surface area contributed by atoms with E-state index in [9.17, 15) is 9.59 Å². The number of hydrogen-bond acceptors (Lipinski definition) is 4. The zero-order valence-corrected chi connectivity index (χ0v) is 20.1. The molecular weight excluding hydrogens is 504 g/mol. The number of benzene rings is 2. The van der Waals surface area contributed by atoms with E-state index in [1.165, 1.54) is 4.90 Å². The molecule has 9 heteroatoms. The lowest BCUT2D eigenvalue weighted by Crippen LogP contribution is -2.42. The first-order chi connectivity index (χ1) is 16.0. The second-order valence-electron chi connectivity index (χ2n) is 7.83. The van der Waals surface area contributed by atoms with Crippen molar-refractivity contribution in [2.75, 3.05) is 31.2 Å². The normalized spacial score (nSPS) is 17.8. The van der Waals surface area contributed by atoms with Crippen LogP contribution in [0.4, 0.5) is 5.69 Å². The summed E-state index contributed by atoms with van der Waals surface area (Å²) in [4.78, 5) is 29.3. The summed E-state index contributed by atoms with van der Waals surface area (Å²) in [6.45, 7) is 2.55.